The van der Waals surface area contributed by atoms with E-state index in [2.05, 4.69) is 15.6 Å². The molecule has 1 unspecified atom stereocenters. The van der Waals surface area contributed by atoms with Gasteiger partial charge in [0.25, 0.3) is 0 Å². The lowest BCUT2D eigenvalue weighted by atomic mass is 10.1. The maximum atomic E-state index is 13.8. The van der Waals surface area contributed by atoms with Crippen LogP contribution in [0.3, 0.4) is 0 Å². The lowest BCUT2D eigenvalue weighted by Gasteiger charge is -2.23. The van der Waals surface area contributed by atoms with Crippen LogP contribution in [0, 0.1) is 11.6 Å². The molecule has 27 heavy (non-hydrogen) atoms. The van der Waals surface area contributed by atoms with E-state index in [1.54, 1.807) is 6.26 Å². The molecule has 1 aliphatic heterocycles. The van der Waals surface area contributed by atoms with Crippen LogP contribution in [0.5, 0.6) is 0 Å². The Labute approximate surface area is 157 Å². The number of aliphatic imine (C=N–C) groups is 1. The van der Waals surface area contributed by atoms with Crippen LogP contribution in [0.2, 0.25) is 0 Å². The molecule has 0 radical (unpaired) electrons. The van der Waals surface area contributed by atoms with Crippen molar-refractivity contribution in [3.05, 3.63) is 59.6 Å². The monoisotopic (exact) mass is 377 g/mol. The van der Waals surface area contributed by atoms with Gasteiger partial charge in [0.2, 0.25) is 0 Å². The normalized spacial score (nSPS) is 17.7. The van der Waals surface area contributed by atoms with Crippen molar-refractivity contribution in [3.63, 3.8) is 0 Å². The number of benzene rings is 1. The second kappa shape index (κ2) is 10.1. The summed E-state index contributed by atoms with van der Waals surface area (Å²) in [7, 11) is 0. The molecule has 3 rings (SSSR count). The van der Waals surface area contributed by atoms with E-state index < -0.39 is 11.6 Å². The molecular formula is C20H25F2N3O2. The second-order valence-corrected chi connectivity index (χ2v) is 6.53. The van der Waals surface area contributed by atoms with Crippen molar-refractivity contribution in [2.24, 2.45) is 4.99 Å². The first-order valence-electron chi connectivity index (χ1n) is 9.31. The van der Waals surface area contributed by atoms with E-state index in [0.29, 0.717) is 25.5 Å². The Kier molecular flexibility index (Phi) is 7.21. The average molecular weight is 377 g/mol. The number of nitrogens with zero attached hydrogens (tertiary/aromatic N) is 1. The third-order valence-electron chi connectivity index (χ3n) is 4.43. The maximum absolute atomic E-state index is 13.8. The molecule has 2 heterocycles. The van der Waals surface area contributed by atoms with E-state index in [9.17, 15) is 8.78 Å². The lowest BCUT2D eigenvalue weighted by molar-refractivity contribution is 0.0194. The quantitative estimate of drug-likeness (QED) is 0.574. The van der Waals surface area contributed by atoms with Crippen molar-refractivity contribution in [1.82, 2.24) is 10.6 Å². The molecule has 0 saturated carbocycles. The number of rotatable bonds is 7. The van der Waals surface area contributed by atoms with Gasteiger partial charge in [0.15, 0.2) is 5.96 Å². The minimum absolute atomic E-state index is 0.0468. The molecule has 2 N–H and O–H groups in total. The number of ether oxygens (including phenoxy) is 1. The Morgan fingerprint density at radius 2 is 2.11 bits per heavy atom. The highest BCUT2D eigenvalue weighted by Crippen LogP contribution is 2.12. The standard InChI is InChI=1S/C20H25F2N3O2/c21-16-6-7-19(22)15(12-16)13-24-20(23-9-8-17-5-3-11-26-17)25-14-18-4-1-2-10-27-18/h3,5-7,11-12,18H,1-2,4,8-10,13-14H2,(H2,23,24,25). The average Bonchev–Trinajstić information content (AvgIpc) is 3.20. The fraction of sp³-hybridized carbons (Fsp3) is 0.450. The van der Waals surface area contributed by atoms with E-state index in [1.807, 2.05) is 12.1 Å². The molecule has 7 heteroatoms. The Hall–Kier alpha value is -2.41. The van der Waals surface area contributed by atoms with Crippen molar-refractivity contribution in [3.8, 4) is 0 Å². The molecule has 1 aromatic carbocycles. The number of hydrogen-bond donors (Lipinski definition) is 2. The first-order chi connectivity index (χ1) is 13.2. The number of halogens is 2. The Bertz CT molecular complexity index is 729. The van der Waals surface area contributed by atoms with Crippen LogP contribution in [-0.4, -0.2) is 31.8 Å². The van der Waals surface area contributed by atoms with Crippen molar-refractivity contribution >= 4 is 5.96 Å². The molecule has 5 nitrogen and oxygen atoms in total. The van der Waals surface area contributed by atoms with Crippen molar-refractivity contribution in [2.75, 3.05) is 19.7 Å². The maximum Gasteiger partial charge on any atom is 0.191 e. The first kappa shape index (κ1) is 19.4. The molecule has 0 bridgehead atoms. The third kappa shape index (κ3) is 6.36. The third-order valence-corrected chi connectivity index (χ3v) is 4.43. The lowest BCUT2D eigenvalue weighted by Crippen LogP contribution is -2.43. The van der Waals surface area contributed by atoms with Crippen LogP contribution >= 0.6 is 0 Å². The summed E-state index contributed by atoms with van der Waals surface area (Å²) in [5, 5.41) is 6.45. The van der Waals surface area contributed by atoms with E-state index in [0.717, 1.165) is 43.8 Å². The molecule has 0 amide bonds. The smallest absolute Gasteiger partial charge is 0.191 e. The summed E-state index contributed by atoms with van der Waals surface area (Å²) in [5.74, 6) is 0.469. The van der Waals surface area contributed by atoms with Crippen molar-refractivity contribution in [2.45, 2.75) is 38.3 Å². The summed E-state index contributed by atoms with van der Waals surface area (Å²) >= 11 is 0. The van der Waals surface area contributed by atoms with Gasteiger partial charge in [-0.15, -0.1) is 0 Å². The predicted molar refractivity (Wildman–Crippen MR) is 99.5 cm³/mol. The van der Waals surface area contributed by atoms with Gasteiger partial charge in [0, 0.05) is 31.7 Å². The molecule has 0 spiro atoms. The summed E-state index contributed by atoms with van der Waals surface area (Å²) in [6.45, 7) is 2.05. The van der Waals surface area contributed by atoms with E-state index in [-0.39, 0.29) is 18.2 Å². The molecule has 1 fully saturated rings. The molecule has 1 aromatic heterocycles. The Morgan fingerprint density at radius 3 is 2.89 bits per heavy atom. The summed E-state index contributed by atoms with van der Waals surface area (Å²) < 4.78 is 38.2. The Balaban J connectivity index is 1.58. The van der Waals surface area contributed by atoms with Gasteiger partial charge in [0.05, 0.1) is 18.9 Å². The van der Waals surface area contributed by atoms with Crippen LogP contribution in [0.25, 0.3) is 0 Å². The number of furan rings is 1. The number of guanidine groups is 1. The fourth-order valence-corrected chi connectivity index (χ4v) is 2.94. The molecule has 1 saturated heterocycles. The fourth-order valence-electron chi connectivity index (χ4n) is 2.94. The zero-order chi connectivity index (χ0) is 18.9. The predicted octanol–water partition coefficient (Wildman–Crippen LogP) is 3.40. The SMILES string of the molecule is Fc1ccc(F)c(CN=C(NCCc2ccco2)NCC2CCCCO2)c1. The van der Waals surface area contributed by atoms with Gasteiger partial charge < -0.3 is 19.8 Å². The van der Waals surface area contributed by atoms with E-state index in [4.69, 9.17) is 9.15 Å². The minimum Gasteiger partial charge on any atom is -0.469 e. The van der Waals surface area contributed by atoms with Crippen molar-refractivity contribution in [1.29, 1.82) is 0 Å². The molecule has 2 aromatic rings. The highest BCUT2D eigenvalue weighted by atomic mass is 19.1. The topological polar surface area (TPSA) is 58.8 Å². The Morgan fingerprint density at radius 1 is 1.19 bits per heavy atom. The van der Waals surface area contributed by atoms with Gasteiger partial charge in [-0.1, -0.05) is 0 Å². The number of nitrogens with one attached hydrogen (secondary N) is 2. The summed E-state index contributed by atoms with van der Waals surface area (Å²) in [4.78, 5) is 4.40. The van der Waals surface area contributed by atoms with E-state index in [1.165, 1.54) is 6.07 Å². The van der Waals surface area contributed by atoms with Crippen LogP contribution < -0.4 is 10.6 Å². The van der Waals surface area contributed by atoms with Crippen molar-refractivity contribution < 1.29 is 17.9 Å². The largest absolute Gasteiger partial charge is 0.469 e. The van der Waals surface area contributed by atoms with Crippen LogP contribution in [0.15, 0.2) is 46.0 Å². The molecule has 1 aliphatic rings. The van der Waals surface area contributed by atoms with Gasteiger partial charge in [-0.05, 0) is 49.6 Å². The highest BCUT2D eigenvalue weighted by Gasteiger charge is 2.14. The van der Waals surface area contributed by atoms with Gasteiger partial charge in [0.1, 0.15) is 17.4 Å². The zero-order valence-electron chi connectivity index (χ0n) is 15.2. The molecule has 0 aliphatic carbocycles. The first-order valence-corrected chi connectivity index (χ1v) is 9.31. The summed E-state index contributed by atoms with van der Waals surface area (Å²) in [6.07, 6.45) is 5.72. The summed E-state index contributed by atoms with van der Waals surface area (Å²) in [6, 6.07) is 7.14. The van der Waals surface area contributed by atoms with Gasteiger partial charge in [-0.25, -0.2) is 13.8 Å². The molecule has 146 valence electrons. The van der Waals surface area contributed by atoms with Gasteiger partial charge >= 0.3 is 0 Å². The van der Waals surface area contributed by atoms with Crippen LogP contribution in [0.4, 0.5) is 8.78 Å². The number of hydrogen-bond acceptors (Lipinski definition) is 3. The van der Waals surface area contributed by atoms with Crippen LogP contribution in [-0.2, 0) is 17.7 Å². The molecular weight excluding hydrogens is 352 g/mol. The van der Waals surface area contributed by atoms with E-state index >= 15 is 0 Å². The van der Waals surface area contributed by atoms with Crippen LogP contribution in [0.1, 0.15) is 30.6 Å². The summed E-state index contributed by atoms with van der Waals surface area (Å²) in [5.41, 5.74) is 0.219. The molecule has 1 atom stereocenters. The highest BCUT2D eigenvalue weighted by molar-refractivity contribution is 5.79. The van der Waals surface area contributed by atoms with Gasteiger partial charge in [-0.2, -0.15) is 0 Å². The van der Waals surface area contributed by atoms with Gasteiger partial charge in [-0.3, -0.25) is 0 Å². The minimum atomic E-state index is -0.475. The zero-order valence-corrected chi connectivity index (χ0v) is 15.2. The second-order valence-electron chi connectivity index (χ2n) is 6.53.